The lowest BCUT2D eigenvalue weighted by Crippen LogP contribution is -1.91. The summed E-state index contributed by atoms with van der Waals surface area (Å²) in [6.45, 7) is 4.24. The van der Waals surface area contributed by atoms with Crippen LogP contribution in [0.2, 0.25) is 0 Å². The molecule has 0 aliphatic heterocycles. The minimum atomic E-state index is 0.292. The first-order chi connectivity index (χ1) is 10.1. The molecule has 1 N–H and O–H groups in total. The van der Waals surface area contributed by atoms with Gasteiger partial charge in [-0.05, 0) is 71.1 Å². The molecule has 0 radical (unpaired) electrons. The monoisotopic (exact) mass is 278 g/mol. The first-order valence-corrected chi connectivity index (χ1v) is 6.97. The normalized spacial score (nSPS) is 10.8. The van der Waals surface area contributed by atoms with Gasteiger partial charge >= 0.3 is 0 Å². The number of rotatable bonds is 2. The molecule has 3 aromatic carbocycles. The maximum Gasteiger partial charge on any atom is 0.118 e. The van der Waals surface area contributed by atoms with Gasteiger partial charge in [0.1, 0.15) is 11.5 Å². The average molecular weight is 278 g/mol. The minimum Gasteiger partial charge on any atom is -0.508 e. The average Bonchev–Trinajstić information content (AvgIpc) is 2.49. The van der Waals surface area contributed by atoms with Gasteiger partial charge < -0.3 is 9.84 Å². The Labute approximate surface area is 124 Å². The fraction of sp³-hybridized carbons (Fsp3) is 0.158. The minimum absolute atomic E-state index is 0.292. The number of aromatic hydroxyl groups is 1. The molecular formula is C19H18O2. The van der Waals surface area contributed by atoms with E-state index >= 15 is 0 Å². The van der Waals surface area contributed by atoms with Crippen molar-refractivity contribution >= 4 is 10.8 Å². The predicted molar refractivity (Wildman–Crippen MR) is 87.1 cm³/mol. The summed E-state index contributed by atoms with van der Waals surface area (Å²) in [4.78, 5) is 0. The van der Waals surface area contributed by atoms with Gasteiger partial charge in [0.05, 0.1) is 7.11 Å². The number of ether oxygens (including phenoxy) is 1. The van der Waals surface area contributed by atoms with E-state index in [1.54, 1.807) is 13.2 Å². The number of hydrogen-bond acceptors (Lipinski definition) is 2. The molecule has 0 aliphatic carbocycles. The number of aryl methyl sites for hydroxylation is 1. The Kier molecular flexibility index (Phi) is 3.30. The van der Waals surface area contributed by atoms with Crippen molar-refractivity contribution in [1.82, 2.24) is 0 Å². The van der Waals surface area contributed by atoms with Crippen LogP contribution in [0.15, 0.2) is 48.5 Å². The largest absolute Gasteiger partial charge is 0.508 e. The number of benzene rings is 3. The zero-order chi connectivity index (χ0) is 15.0. The quantitative estimate of drug-likeness (QED) is 0.727. The highest BCUT2D eigenvalue weighted by Gasteiger charge is 2.11. The third kappa shape index (κ3) is 2.33. The summed E-state index contributed by atoms with van der Waals surface area (Å²) in [5.74, 6) is 1.14. The van der Waals surface area contributed by atoms with Crippen molar-refractivity contribution in [1.29, 1.82) is 0 Å². The second-order valence-corrected chi connectivity index (χ2v) is 5.33. The van der Waals surface area contributed by atoms with E-state index in [4.69, 9.17) is 4.74 Å². The molecule has 0 saturated heterocycles. The molecule has 0 heterocycles. The standard InChI is InChI=1S/C19H18O2/c1-12-10-15-4-7-16(20)11-18(15)19(13(12)2)14-5-8-17(21-3)9-6-14/h4-11,20H,1-3H3. The predicted octanol–water partition coefficient (Wildman–Crippen LogP) is 4.84. The van der Waals surface area contributed by atoms with Gasteiger partial charge in [0.15, 0.2) is 0 Å². The molecule has 0 spiro atoms. The molecule has 0 atom stereocenters. The van der Waals surface area contributed by atoms with Crippen LogP contribution < -0.4 is 4.74 Å². The smallest absolute Gasteiger partial charge is 0.118 e. The molecule has 3 rings (SSSR count). The van der Waals surface area contributed by atoms with Crippen LogP contribution in [0.1, 0.15) is 11.1 Å². The Balaban J connectivity index is 2.33. The molecule has 106 valence electrons. The highest BCUT2D eigenvalue weighted by molar-refractivity contribution is 5.99. The van der Waals surface area contributed by atoms with E-state index < -0.39 is 0 Å². The Bertz CT molecular complexity index is 802. The van der Waals surface area contributed by atoms with E-state index in [2.05, 4.69) is 32.0 Å². The van der Waals surface area contributed by atoms with Crippen molar-refractivity contribution in [3.05, 3.63) is 59.7 Å². The Morgan fingerprint density at radius 2 is 1.62 bits per heavy atom. The van der Waals surface area contributed by atoms with Gasteiger partial charge in [-0.1, -0.05) is 24.3 Å². The third-order valence-corrected chi connectivity index (χ3v) is 4.02. The number of methoxy groups -OCH3 is 1. The maximum absolute atomic E-state index is 9.82. The van der Waals surface area contributed by atoms with Crippen LogP contribution in [0.4, 0.5) is 0 Å². The first-order valence-electron chi connectivity index (χ1n) is 6.97. The summed E-state index contributed by atoms with van der Waals surface area (Å²) in [6.07, 6.45) is 0. The van der Waals surface area contributed by atoms with Gasteiger partial charge in [-0.2, -0.15) is 0 Å². The summed E-state index contributed by atoms with van der Waals surface area (Å²) in [6, 6.07) is 15.7. The molecule has 0 unspecified atom stereocenters. The summed E-state index contributed by atoms with van der Waals surface area (Å²) in [7, 11) is 1.67. The fourth-order valence-corrected chi connectivity index (χ4v) is 2.76. The lowest BCUT2D eigenvalue weighted by Gasteiger charge is -2.14. The van der Waals surface area contributed by atoms with Crippen molar-refractivity contribution in [2.45, 2.75) is 13.8 Å². The molecule has 3 aromatic rings. The van der Waals surface area contributed by atoms with E-state index in [1.807, 2.05) is 24.3 Å². The number of hydrogen-bond donors (Lipinski definition) is 1. The maximum atomic E-state index is 9.82. The molecule has 0 amide bonds. The number of fused-ring (bicyclic) bond motifs is 1. The van der Waals surface area contributed by atoms with Crippen LogP contribution in [-0.2, 0) is 0 Å². The summed E-state index contributed by atoms with van der Waals surface area (Å²) in [5, 5.41) is 12.0. The van der Waals surface area contributed by atoms with Gasteiger partial charge in [-0.15, -0.1) is 0 Å². The van der Waals surface area contributed by atoms with Crippen LogP contribution in [0, 0.1) is 13.8 Å². The lowest BCUT2D eigenvalue weighted by molar-refractivity contribution is 0.415. The van der Waals surface area contributed by atoms with Crippen molar-refractivity contribution < 1.29 is 9.84 Å². The van der Waals surface area contributed by atoms with Crippen molar-refractivity contribution in [2.24, 2.45) is 0 Å². The van der Waals surface area contributed by atoms with E-state index in [1.165, 1.54) is 16.7 Å². The summed E-state index contributed by atoms with van der Waals surface area (Å²) < 4.78 is 5.23. The van der Waals surface area contributed by atoms with Gasteiger partial charge in [-0.25, -0.2) is 0 Å². The number of phenols is 1. The molecule has 0 aromatic heterocycles. The molecule has 0 saturated carbocycles. The van der Waals surface area contributed by atoms with E-state index in [0.717, 1.165) is 22.1 Å². The van der Waals surface area contributed by atoms with Crippen LogP contribution in [0.5, 0.6) is 11.5 Å². The highest BCUT2D eigenvalue weighted by Crippen LogP contribution is 2.36. The highest BCUT2D eigenvalue weighted by atomic mass is 16.5. The van der Waals surface area contributed by atoms with Crippen LogP contribution >= 0.6 is 0 Å². The molecule has 2 nitrogen and oxygen atoms in total. The van der Waals surface area contributed by atoms with Crippen molar-refractivity contribution in [3.8, 4) is 22.6 Å². The number of phenolic OH excluding ortho intramolecular Hbond substituents is 1. The van der Waals surface area contributed by atoms with Crippen LogP contribution in [-0.4, -0.2) is 12.2 Å². The van der Waals surface area contributed by atoms with Gasteiger partial charge in [-0.3, -0.25) is 0 Å². The summed E-state index contributed by atoms with van der Waals surface area (Å²) in [5.41, 5.74) is 4.79. The van der Waals surface area contributed by atoms with Crippen molar-refractivity contribution in [2.75, 3.05) is 7.11 Å². The second-order valence-electron chi connectivity index (χ2n) is 5.33. The Morgan fingerprint density at radius 3 is 2.29 bits per heavy atom. The fourth-order valence-electron chi connectivity index (χ4n) is 2.76. The zero-order valence-corrected chi connectivity index (χ0v) is 12.5. The SMILES string of the molecule is COc1ccc(-c2c(C)c(C)cc3ccc(O)cc23)cc1. The topological polar surface area (TPSA) is 29.5 Å². The summed E-state index contributed by atoms with van der Waals surface area (Å²) >= 11 is 0. The van der Waals surface area contributed by atoms with Crippen LogP contribution in [0.3, 0.4) is 0 Å². The molecule has 2 heteroatoms. The second kappa shape index (κ2) is 5.13. The van der Waals surface area contributed by atoms with Crippen LogP contribution in [0.25, 0.3) is 21.9 Å². The van der Waals surface area contributed by atoms with Gasteiger partial charge in [0, 0.05) is 0 Å². The van der Waals surface area contributed by atoms with Crippen molar-refractivity contribution in [3.63, 3.8) is 0 Å². The first kappa shape index (κ1) is 13.5. The molecule has 0 aliphatic rings. The molecule has 0 fully saturated rings. The molecule has 21 heavy (non-hydrogen) atoms. The third-order valence-electron chi connectivity index (χ3n) is 4.02. The zero-order valence-electron chi connectivity index (χ0n) is 12.5. The van der Waals surface area contributed by atoms with E-state index in [-0.39, 0.29) is 0 Å². The van der Waals surface area contributed by atoms with E-state index in [9.17, 15) is 5.11 Å². The molecular weight excluding hydrogens is 260 g/mol. The van der Waals surface area contributed by atoms with Gasteiger partial charge in [0.2, 0.25) is 0 Å². The lowest BCUT2D eigenvalue weighted by atomic mass is 9.91. The van der Waals surface area contributed by atoms with Gasteiger partial charge in [0.25, 0.3) is 0 Å². The molecule has 0 bridgehead atoms. The Morgan fingerprint density at radius 1 is 0.905 bits per heavy atom. The Hall–Kier alpha value is -2.48. The van der Waals surface area contributed by atoms with E-state index in [0.29, 0.717) is 5.75 Å².